The Balaban J connectivity index is 1.94. The van der Waals surface area contributed by atoms with Gasteiger partial charge in [-0.2, -0.15) is 0 Å². The van der Waals surface area contributed by atoms with Crippen LogP contribution in [-0.4, -0.2) is 31.3 Å². The summed E-state index contributed by atoms with van der Waals surface area (Å²) in [5, 5.41) is 12.8. The van der Waals surface area contributed by atoms with Gasteiger partial charge >= 0.3 is 0 Å². The number of amides is 1. The van der Waals surface area contributed by atoms with Crippen molar-refractivity contribution in [3.8, 4) is 11.5 Å². The Bertz CT molecular complexity index is 695. The Morgan fingerprint density at radius 2 is 1.84 bits per heavy atom. The van der Waals surface area contributed by atoms with Gasteiger partial charge in [0.25, 0.3) is 5.91 Å². The molecule has 134 valence electrons. The molecular formula is C20H25NO4. The lowest BCUT2D eigenvalue weighted by atomic mass is 10.00. The molecule has 0 aromatic heterocycles. The topological polar surface area (TPSA) is 67.8 Å². The lowest BCUT2D eigenvalue weighted by Gasteiger charge is -2.11. The quantitative estimate of drug-likeness (QED) is 0.720. The number of hydrogen-bond donors (Lipinski definition) is 2. The van der Waals surface area contributed by atoms with Gasteiger partial charge in [-0.15, -0.1) is 0 Å². The van der Waals surface area contributed by atoms with Crippen LogP contribution in [0.2, 0.25) is 0 Å². The second kappa shape index (κ2) is 9.08. The van der Waals surface area contributed by atoms with Gasteiger partial charge in [-0.3, -0.25) is 4.79 Å². The monoisotopic (exact) mass is 343 g/mol. The summed E-state index contributed by atoms with van der Waals surface area (Å²) in [5.41, 5.74) is 2.26. The Kier molecular flexibility index (Phi) is 6.83. The lowest BCUT2D eigenvalue weighted by molar-refractivity contribution is 0.0948. The highest BCUT2D eigenvalue weighted by atomic mass is 16.5. The van der Waals surface area contributed by atoms with E-state index in [0.29, 0.717) is 25.3 Å². The van der Waals surface area contributed by atoms with Crippen molar-refractivity contribution in [3.63, 3.8) is 0 Å². The maximum Gasteiger partial charge on any atom is 0.255 e. The van der Waals surface area contributed by atoms with Crippen molar-refractivity contribution in [1.82, 2.24) is 5.32 Å². The molecule has 0 spiro atoms. The molecule has 0 radical (unpaired) electrons. The van der Waals surface area contributed by atoms with E-state index in [2.05, 4.69) is 5.32 Å². The zero-order chi connectivity index (χ0) is 18.2. The van der Waals surface area contributed by atoms with E-state index in [1.165, 1.54) is 0 Å². The van der Waals surface area contributed by atoms with Gasteiger partial charge in [0.15, 0.2) is 0 Å². The van der Waals surface area contributed by atoms with Crippen molar-refractivity contribution in [1.29, 1.82) is 0 Å². The van der Waals surface area contributed by atoms with Crippen LogP contribution < -0.4 is 10.1 Å². The van der Waals surface area contributed by atoms with E-state index in [1.807, 2.05) is 44.2 Å². The van der Waals surface area contributed by atoms with Crippen molar-refractivity contribution in [2.75, 3.05) is 20.3 Å². The molecule has 0 heterocycles. The Hall–Kier alpha value is -2.53. The molecule has 0 unspecified atom stereocenters. The molecule has 5 nitrogen and oxygen atoms in total. The molecule has 2 rings (SSSR count). The fraction of sp³-hybridized carbons (Fsp3) is 0.350. The number of phenolic OH excluding ortho intramolecular Hbond substituents is 1. The Morgan fingerprint density at radius 3 is 2.48 bits per heavy atom. The molecule has 0 saturated carbocycles. The van der Waals surface area contributed by atoms with E-state index < -0.39 is 0 Å². The summed E-state index contributed by atoms with van der Waals surface area (Å²) in [6.45, 7) is 5.51. The van der Waals surface area contributed by atoms with Gasteiger partial charge in [-0.1, -0.05) is 32.0 Å². The third-order valence-corrected chi connectivity index (χ3v) is 3.86. The molecule has 5 heteroatoms. The predicted molar refractivity (Wildman–Crippen MR) is 97.2 cm³/mol. The fourth-order valence-corrected chi connectivity index (χ4v) is 2.32. The third kappa shape index (κ3) is 5.50. The molecular weight excluding hydrogens is 318 g/mol. The number of methoxy groups -OCH3 is 1. The summed E-state index contributed by atoms with van der Waals surface area (Å²) in [4.78, 5) is 12.3. The molecule has 0 atom stereocenters. The van der Waals surface area contributed by atoms with Crippen LogP contribution in [0.5, 0.6) is 11.5 Å². The van der Waals surface area contributed by atoms with Gasteiger partial charge in [-0.05, 0) is 41.3 Å². The van der Waals surface area contributed by atoms with Crippen LogP contribution in [0.3, 0.4) is 0 Å². The fourth-order valence-electron chi connectivity index (χ4n) is 2.32. The maximum atomic E-state index is 12.3. The van der Waals surface area contributed by atoms with Crippen LogP contribution in [0, 0.1) is 0 Å². The molecule has 2 aromatic rings. The first-order valence-corrected chi connectivity index (χ1v) is 8.33. The van der Waals surface area contributed by atoms with E-state index in [9.17, 15) is 9.90 Å². The largest absolute Gasteiger partial charge is 0.507 e. The SMILES string of the molecule is COCCOc1ccc(CNC(=O)c2cc(C(C)C)ccc2O)cc1. The van der Waals surface area contributed by atoms with Gasteiger partial charge in [-0.25, -0.2) is 0 Å². The highest BCUT2D eigenvalue weighted by Crippen LogP contribution is 2.23. The minimum atomic E-state index is -0.291. The molecule has 0 aliphatic rings. The number of carbonyl (C=O) groups excluding carboxylic acids is 1. The number of nitrogens with one attached hydrogen (secondary N) is 1. The maximum absolute atomic E-state index is 12.3. The zero-order valence-electron chi connectivity index (χ0n) is 14.9. The van der Waals surface area contributed by atoms with Crippen molar-refractivity contribution in [3.05, 3.63) is 59.2 Å². The van der Waals surface area contributed by atoms with Gasteiger partial charge in [0.1, 0.15) is 18.1 Å². The first kappa shape index (κ1) is 18.8. The predicted octanol–water partition coefficient (Wildman–Crippen LogP) is 3.47. The Morgan fingerprint density at radius 1 is 1.12 bits per heavy atom. The summed E-state index contributed by atoms with van der Waals surface area (Å²) in [6.07, 6.45) is 0. The van der Waals surface area contributed by atoms with Crippen molar-refractivity contribution < 1.29 is 19.4 Å². The van der Waals surface area contributed by atoms with Crippen molar-refractivity contribution >= 4 is 5.91 Å². The van der Waals surface area contributed by atoms with Gasteiger partial charge in [0.05, 0.1) is 12.2 Å². The van der Waals surface area contributed by atoms with Crippen LogP contribution in [0.1, 0.15) is 41.3 Å². The first-order valence-electron chi connectivity index (χ1n) is 8.33. The van der Waals surface area contributed by atoms with Crippen molar-refractivity contribution in [2.24, 2.45) is 0 Å². The number of aromatic hydroxyl groups is 1. The van der Waals surface area contributed by atoms with Gasteiger partial charge < -0.3 is 19.9 Å². The van der Waals surface area contributed by atoms with Crippen molar-refractivity contribution in [2.45, 2.75) is 26.3 Å². The number of ether oxygens (including phenoxy) is 2. The highest BCUT2D eigenvalue weighted by Gasteiger charge is 2.13. The summed E-state index contributed by atoms with van der Waals surface area (Å²) >= 11 is 0. The number of hydrogen-bond acceptors (Lipinski definition) is 4. The molecule has 1 amide bonds. The Labute approximate surface area is 148 Å². The minimum Gasteiger partial charge on any atom is -0.507 e. The van der Waals surface area contributed by atoms with E-state index in [0.717, 1.165) is 16.9 Å². The van der Waals surface area contributed by atoms with E-state index in [1.54, 1.807) is 19.2 Å². The molecule has 0 fully saturated rings. The number of phenols is 1. The average Bonchev–Trinajstić information content (AvgIpc) is 2.61. The average molecular weight is 343 g/mol. The molecule has 25 heavy (non-hydrogen) atoms. The van der Waals surface area contributed by atoms with Crippen LogP contribution in [0.15, 0.2) is 42.5 Å². The summed E-state index contributed by atoms with van der Waals surface area (Å²) in [6, 6.07) is 12.6. The molecule has 2 N–H and O–H groups in total. The van der Waals surface area contributed by atoms with Crippen LogP contribution >= 0.6 is 0 Å². The van der Waals surface area contributed by atoms with Crippen LogP contribution in [0.4, 0.5) is 0 Å². The summed E-state index contributed by atoms with van der Waals surface area (Å²) in [5.74, 6) is 0.747. The van der Waals surface area contributed by atoms with E-state index in [4.69, 9.17) is 9.47 Å². The molecule has 0 aliphatic heterocycles. The standard InChI is InChI=1S/C20H25NO4/c1-14(2)16-6-9-19(22)18(12-16)20(23)21-13-15-4-7-17(8-5-15)25-11-10-24-3/h4-9,12,14,22H,10-11,13H2,1-3H3,(H,21,23). The molecule has 0 bridgehead atoms. The normalized spacial score (nSPS) is 10.7. The van der Waals surface area contributed by atoms with E-state index in [-0.39, 0.29) is 17.6 Å². The smallest absolute Gasteiger partial charge is 0.255 e. The lowest BCUT2D eigenvalue weighted by Crippen LogP contribution is -2.23. The first-order chi connectivity index (χ1) is 12.0. The second-order valence-electron chi connectivity index (χ2n) is 6.10. The number of rotatable bonds is 8. The zero-order valence-corrected chi connectivity index (χ0v) is 14.9. The highest BCUT2D eigenvalue weighted by molar-refractivity contribution is 5.97. The number of carbonyl (C=O) groups is 1. The second-order valence-corrected chi connectivity index (χ2v) is 6.10. The minimum absolute atomic E-state index is 0.0104. The number of benzene rings is 2. The molecule has 0 aliphatic carbocycles. The third-order valence-electron chi connectivity index (χ3n) is 3.86. The summed E-state index contributed by atoms with van der Waals surface area (Å²) in [7, 11) is 1.63. The van der Waals surface area contributed by atoms with Gasteiger partial charge in [0, 0.05) is 13.7 Å². The summed E-state index contributed by atoms with van der Waals surface area (Å²) < 4.78 is 10.4. The van der Waals surface area contributed by atoms with Gasteiger partial charge in [0.2, 0.25) is 0 Å². The molecule has 0 saturated heterocycles. The van der Waals surface area contributed by atoms with E-state index >= 15 is 0 Å². The van der Waals surface area contributed by atoms with Crippen LogP contribution in [0.25, 0.3) is 0 Å². The van der Waals surface area contributed by atoms with Crippen LogP contribution in [-0.2, 0) is 11.3 Å². The molecule has 2 aromatic carbocycles.